The highest BCUT2D eigenvalue weighted by Gasteiger charge is 2.16. The molecule has 100 valence electrons. The molecule has 1 atom stereocenters. The summed E-state index contributed by atoms with van der Waals surface area (Å²) in [6.45, 7) is 6.51. The number of benzene rings is 1. The monoisotopic (exact) mass is 268 g/mol. The molecule has 18 heavy (non-hydrogen) atoms. The molecule has 0 aliphatic carbocycles. The molecule has 0 heterocycles. The summed E-state index contributed by atoms with van der Waals surface area (Å²) in [5.74, 6) is 0.294. The van der Waals surface area contributed by atoms with Crippen LogP contribution in [-0.2, 0) is 0 Å². The minimum absolute atomic E-state index is 0.230. The number of halogens is 1. The fourth-order valence-corrected chi connectivity index (χ4v) is 2.25. The third-order valence-electron chi connectivity index (χ3n) is 3.08. The standard InChI is InChI=1S/C14H21FN2S/c1-9(2)7-10(3)17(4)13-6-5-11(15)8-12(13)14(16)18/h5-6,8-10H,7H2,1-4H3,(H2,16,18). The zero-order valence-corrected chi connectivity index (χ0v) is 12.2. The first-order valence-electron chi connectivity index (χ1n) is 6.15. The normalized spacial score (nSPS) is 12.6. The Morgan fingerprint density at radius 2 is 2.00 bits per heavy atom. The van der Waals surface area contributed by atoms with Gasteiger partial charge in [-0.2, -0.15) is 0 Å². The van der Waals surface area contributed by atoms with Gasteiger partial charge in [-0.05, 0) is 37.5 Å². The molecule has 0 aliphatic heterocycles. The zero-order valence-electron chi connectivity index (χ0n) is 11.4. The van der Waals surface area contributed by atoms with Crippen LogP contribution in [0.1, 0.15) is 32.8 Å². The number of anilines is 1. The van der Waals surface area contributed by atoms with Gasteiger partial charge >= 0.3 is 0 Å². The largest absolute Gasteiger partial charge is 0.389 e. The average Bonchev–Trinajstić information content (AvgIpc) is 2.26. The Morgan fingerprint density at radius 1 is 1.39 bits per heavy atom. The maximum atomic E-state index is 13.2. The SMILES string of the molecule is CC(C)CC(C)N(C)c1ccc(F)cc1C(N)=S. The molecule has 0 saturated heterocycles. The summed E-state index contributed by atoms with van der Waals surface area (Å²) in [5, 5.41) is 0. The molecule has 2 nitrogen and oxygen atoms in total. The van der Waals surface area contributed by atoms with Gasteiger partial charge in [-0.25, -0.2) is 4.39 Å². The van der Waals surface area contributed by atoms with Crippen molar-refractivity contribution in [3.8, 4) is 0 Å². The van der Waals surface area contributed by atoms with E-state index >= 15 is 0 Å². The lowest BCUT2D eigenvalue weighted by Crippen LogP contribution is -2.32. The first-order valence-corrected chi connectivity index (χ1v) is 6.56. The smallest absolute Gasteiger partial charge is 0.124 e. The first kappa shape index (κ1) is 14.9. The highest BCUT2D eigenvalue weighted by atomic mass is 32.1. The van der Waals surface area contributed by atoms with Gasteiger partial charge in [-0.1, -0.05) is 26.1 Å². The van der Waals surface area contributed by atoms with Gasteiger partial charge < -0.3 is 10.6 Å². The van der Waals surface area contributed by atoms with Crippen molar-refractivity contribution in [2.45, 2.75) is 33.2 Å². The highest BCUT2D eigenvalue weighted by molar-refractivity contribution is 7.80. The van der Waals surface area contributed by atoms with Gasteiger partial charge in [0, 0.05) is 24.3 Å². The van der Waals surface area contributed by atoms with Gasteiger partial charge in [0.1, 0.15) is 10.8 Å². The molecule has 0 fully saturated rings. The van der Waals surface area contributed by atoms with Crippen molar-refractivity contribution in [3.05, 3.63) is 29.6 Å². The summed E-state index contributed by atoms with van der Waals surface area (Å²) in [7, 11) is 1.99. The Balaban J connectivity index is 3.04. The van der Waals surface area contributed by atoms with Crippen molar-refractivity contribution in [2.75, 3.05) is 11.9 Å². The Bertz CT molecular complexity index is 432. The number of hydrogen-bond acceptors (Lipinski definition) is 2. The van der Waals surface area contributed by atoms with Crippen LogP contribution in [0.3, 0.4) is 0 Å². The third kappa shape index (κ3) is 3.67. The van der Waals surface area contributed by atoms with E-state index in [1.807, 2.05) is 7.05 Å². The van der Waals surface area contributed by atoms with Crippen molar-refractivity contribution < 1.29 is 4.39 Å². The fraction of sp³-hybridized carbons (Fsp3) is 0.500. The molecule has 2 N–H and O–H groups in total. The number of thiocarbonyl (C=S) groups is 1. The van der Waals surface area contributed by atoms with Crippen LogP contribution >= 0.6 is 12.2 Å². The van der Waals surface area contributed by atoms with Crippen LogP contribution in [0.25, 0.3) is 0 Å². The number of nitrogens with zero attached hydrogens (tertiary/aromatic N) is 1. The number of rotatable bonds is 5. The lowest BCUT2D eigenvalue weighted by atomic mass is 10.0. The topological polar surface area (TPSA) is 29.3 Å². The van der Waals surface area contributed by atoms with Gasteiger partial charge in [-0.15, -0.1) is 0 Å². The quantitative estimate of drug-likeness (QED) is 0.831. The maximum absolute atomic E-state index is 13.2. The molecular formula is C14H21FN2S. The van der Waals surface area contributed by atoms with Crippen molar-refractivity contribution in [3.63, 3.8) is 0 Å². The van der Waals surface area contributed by atoms with Gasteiger partial charge in [0.2, 0.25) is 0 Å². The van der Waals surface area contributed by atoms with E-state index in [1.54, 1.807) is 6.07 Å². The van der Waals surface area contributed by atoms with Crippen molar-refractivity contribution >= 4 is 22.9 Å². The summed E-state index contributed by atoms with van der Waals surface area (Å²) in [4.78, 5) is 2.33. The van der Waals surface area contributed by atoms with E-state index in [-0.39, 0.29) is 10.8 Å². The van der Waals surface area contributed by atoms with E-state index < -0.39 is 0 Å². The molecule has 0 radical (unpaired) electrons. The second-order valence-electron chi connectivity index (χ2n) is 5.12. The van der Waals surface area contributed by atoms with Crippen molar-refractivity contribution in [1.82, 2.24) is 0 Å². The molecule has 1 aromatic rings. The van der Waals surface area contributed by atoms with Crippen molar-refractivity contribution in [2.24, 2.45) is 11.7 Å². The molecule has 1 unspecified atom stereocenters. The minimum atomic E-state index is -0.313. The van der Waals surface area contributed by atoms with Crippen LogP contribution in [-0.4, -0.2) is 18.1 Å². The van der Waals surface area contributed by atoms with Gasteiger partial charge in [0.15, 0.2) is 0 Å². The van der Waals surface area contributed by atoms with E-state index in [0.717, 1.165) is 12.1 Å². The third-order valence-corrected chi connectivity index (χ3v) is 3.30. The minimum Gasteiger partial charge on any atom is -0.389 e. The maximum Gasteiger partial charge on any atom is 0.124 e. The first-order chi connectivity index (χ1) is 8.32. The zero-order chi connectivity index (χ0) is 13.9. The summed E-state index contributed by atoms with van der Waals surface area (Å²) < 4.78 is 13.2. The predicted molar refractivity (Wildman–Crippen MR) is 79.6 cm³/mol. The summed E-state index contributed by atoms with van der Waals surface area (Å²) in [5.41, 5.74) is 7.15. The van der Waals surface area contributed by atoms with Crippen LogP contribution < -0.4 is 10.6 Å². The highest BCUT2D eigenvalue weighted by Crippen LogP contribution is 2.24. The Morgan fingerprint density at radius 3 is 2.50 bits per heavy atom. The fourth-order valence-electron chi connectivity index (χ4n) is 2.09. The van der Waals surface area contributed by atoms with E-state index in [9.17, 15) is 4.39 Å². The summed E-state index contributed by atoms with van der Waals surface area (Å²) in [6, 6.07) is 4.93. The second-order valence-corrected chi connectivity index (χ2v) is 5.56. The molecule has 0 bridgehead atoms. The molecular weight excluding hydrogens is 247 g/mol. The number of nitrogens with two attached hydrogens (primary N) is 1. The summed E-state index contributed by atoms with van der Waals surface area (Å²) in [6.07, 6.45) is 1.06. The van der Waals surface area contributed by atoms with E-state index in [1.165, 1.54) is 12.1 Å². The predicted octanol–water partition coefficient (Wildman–Crippen LogP) is 3.33. The van der Waals surface area contributed by atoms with Crippen LogP contribution in [0, 0.1) is 11.7 Å². The molecule has 0 saturated carbocycles. The van der Waals surface area contributed by atoms with E-state index in [0.29, 0.717) is 17.5 Å². The van der Waals surface area contributed by atoms with Crippen LogP contribution in [0.4, 0.5) is 10.1 Å². The van der Waals surface area contributed by atoms with Crippen molar-refractivity contribution in [1.29, 1.82) is 0 Å². The van der Waals surface area contributed by atoms with Gasteiger partial charge in [-0.3, -0.25) is 0 Å². The Labute approximate surface area is 114 Å². The molecule has 0 aromatic heterocycles. The molecule has 0 aliphatic rings. The van der Waals surface area contributed by atoms with Crippen LogP contribution in [0.5, 0.6) is 0 Å². The van der Waals surface area contributed by atoms with Crippen LogP contribution in [0.2, 0.25) is 0 Å². The molecule has 1 rings (SSSR count). The lowest BCUT2D eigenvalue weighted by molar-refractivity contribution is 0.504. The lowest BCUT2D eigenvalue weighted by Gasteiger charge is -2.30. The second kappa shape index (κ2) is 6.14. The van der Waals surface area contributed by atoms with Crippen LogP contribution in [0.15, 0.2) is 18.2 Å². The average molecular weight is 268 g/mol. The summed E-state index contributed by atoms with van der Waals surface area (Å²) >= 11 is 4.99. The number of hydrogen-bond donors (Lipinski definition) is 1. The molecule has 0 amide bonds. The molecule has 0 spiro atoms. The molecule has 4 heteroatoms. The Hall–Kier alpha value is -1.16. The van der Waals surface area contributed by atoms with Gasteiger partial charge in [0.05, 0.1) is 0 Å². The van der Waals surface area contributed by atoms with Gasteiger partial charge in [0.25, 0.3) is 0 Å². The Kier molecular flexibility index (Phi) is 5.08. The van der Waals surface area contributed by atoms with E-state index in [2.05, 4.69) is 25.7 Å². The molecule has 1 aromatic carbocycles. The van der Waals surface area contributed by atoms with E-state index in [4.69, 9.17) is 18.0 Å².